The molecule has 0 heterocycles. The van der Waals surface area contributed by atoms with Crippen molar-refractivity contribution in [2.24, 2.45) is 56.7 Å². The second-order valence-corrected chi connectivity index (χ2v) is 20.3. The molecule has 4 heteroatoms. The molecule has 0 aromatic carbocycles. The molecule has 0 saturated heterocycles. The van der Waals surface area contributed by atoms with Crippen molar-refractivity contribution in [2.75, 3.05) is 0 Å². The Balaban J connectivity index is 1.14. The molecule has 0 aromatic heterocycles. The van der Waals surface area contributed by atoms with E-state index in [0.717, 1.165) is 32.1 Å². The fourth-order valence-corrected chi connectivity index (χ4v) is 14.0. The molecule has 5 aliphatic rings. The highest BCUT2D eigenvalue weighted by molar-refractivity contribution is 5.69. The van der Waals surface area contributed by atoms with E-state index in [-0.39, 0.29) is 33.7 Å². The highest BCUT2D eigenvalue weighted by Gasteiger charge is 2.72. The summed E-state index contributed by atoms with van der Waals surface area (Å²) in [6.07, 6.45) is 26.3. The lowest BCUT2D eigenvalue weighted by Crippen LogP contribution is -2.70. The molecule has 288 valence electrons. The number of carbonyl (C=O) groups is 1. The molecule has 0 spiro atoms. The summed E-state index contributed by atoms with van der Waals surface area (Å²) in [6.45, 7) is 21.6. The van der Waals surface area contributed by atoms with Crippen LogP contribution in [0.25, 0.3) is 0 Å². The summed E-state index contributed by atoms with van der Waals surface area (Å²) >= 11 is 0. The van der Waals surface area contributed by atoms with E-state index < -0.39 is 17.6 Å². The van der Waals surface area contributed by atoms with E-state index in [2.05, 4.69) is 62.3 Å². The second kappa shape index (κ2) is 15.8. The maximum absolute atomic E-state index is 13.2. The Bertz CT molecular complexity index is 1170. The van der Waals surface area contributed by atoms with Gasteiger partial charge in [-0.05, 0) is 104 Å². The number of aliphatic hydroxyl groups is 2. The first kappa shape index (κ1) is 40.3. The van der Waals surface area contributed by atoms with Crippen LogP contribution in [-0.2, 0) is 9.53 Å². The van der Waals surface area contributed by atoms with Gasteiger partial charge >= 0.3 is 5.97 Å². The molecule has 4 nitrogen and oxygen atoms in total. The molecular weight excluding hydrogens is 617 g/mol. The molecule has 50 heavy (non-hydrogen) atoms. The summed E-state index contributed by atoms with van der Waals surface area (Å²) < 4.78 is 6.39. The number of aliphatic hydroxyl groups excluding tert-OH is 2. The highest BCUT2D eigenvalue weighted by Crippen LogP contribution is 2.76. The number of unbranched alkanes of at least 4 members (excludes halogenated alkanes) is 12. The van der Waals surface area contributed by atoms with Crippen molar-refractivity contribution < 1.29 is 19.7 Å². The van der Waals surface area contributed by atoms with E-state index in [0.29, 0.717) is 36.0 Å². The molecule has 0 radical (unpaired) electrons. The van der Waals surface area contributed by atoms with Crippen LogP contribution in [0.1, 0.15) is 197 Å². The fraction of sp³-hybridized carbons (Fsp3) is 0.935. The minimum atomic E-state index is -0.578. The van der Waals surface area contributed by atoms with Crippen LogP contribution in [0.2, 0.25) is 0 Å². The summed E-state index contributed by atoms with van der Waals surface area (Å²) in [6, 6.07) is 0. The second-order valence-electron chi connectivity index (χ2n) is 20.3. The number of carbonyl (C=O) groups excluding carboxylic acids is 1. The van der Waals surface area contributed by atoms with Crippen LogP contribution in [0.5, 0.6) is 0 Å². The highest BCUT2D eigenvalue weighted by atomic mass is 16.5. The largest absolute Gasteiger partial charge is 0.462 e. The van der Waals surface area contributed by atoms with E-state index >= 15 is 0 Å². The number of esters is 1. The monoisotopic (exact) mass is 697 g/mol. The van der Waals surface area contributed by atoms with Gasteiger partial charge in [0, 0.05) is 17.3 Å². The van der Waals surface area contributed by atoms with Crippen molar-refractivity contribution >= 4 is 5.97 Å². The van der Waals surface area contributed by atoms with Gasteiger partial charge in [-0.2, -0.15) is 0 Å². The number of allylic oxidation sites excluding steroid dienone is 1. The first-order chi connectivity index (χ1) is 23.6. The Hall–Kier alpha value is -0.870. The Morgan fingerprint density at radius 1 is 0.760 bits per heavy atom. The molecule has 5 aliphatic carbocycles. The van der Waals surface area contributed by atoms with Gasteiger partial charge in [0.2, 0.25) is 0 Å². The first-order valence-electron chi connectivity index (χ1n) is 21.8. The smallest absolute Gasteiger partial charge is 0.306 e. The Kier molecular flexibility index (Phi) is 12.8. The average molecular weight is 697 g/mol. The van der Waals surface area contributed by atoms with Crippen molar-refractivity contribution in [1.29, 1.82) is 0 Å². The van der Waals surface area contributed by atoms with Crippen LogP contribution in [0, 0.1) is 56.7 Å². The lowest BCUT2D eigenvalue weighted by Gasteiger charge is -2.74. The Labute approximate surface area is 308 Å². The van der Waals surface area contributed by atoms with Gasteiger partial charge < -0.3 is 14.9 Å². The molecule has 0 aromatic rings. The molecule has 0 bridgehead atoms. The molecule has 3 unspecified atom stereocenters. The van der Waals surface area contributed by atoms with Gasteiger partial charge in [0.1, 0.15) is 6.10 Å². The van der Waals surface area contributed by atoms with Crippen LogP contribution < -0.4 is 0 Å². The molecular formula is C46H80O4. The maximum atomic E-state index is 13.2. The SMILES string of the molecule is CCCCCCCCCCCCCCCC(=O)OC1CC[C@]2(C)[C@H]3CC[C@@H]4[C@H]5[C@H](C)C(C)=CC(O)[C@]5(C)C(O)C[C@@]4(C)[C@]3(C)CC[C@H]2C1(C)C. The van der Waals surface area contributed by atoms with Crippen LogP contribution in [-0.4, -0.2) is 34.5 Å². The molecule has 2 N–H and O–H groups in total. The van der Waals surface area contributed by atoms with Gasteiger partial charge in [0.15, 0.2) is 0 Å². The lowest BCUT2D eigenvalue weighted by atomic mass is 9.31. The van der Waals surface area contributed by atoms with Crippen LogP contribution in [0.3, 0.4) is 0 Å². The maximum Gasteiger partial charge on any atom is 0.306 e. The van der Waals surface area contributed by atoms with Crippen LogP contribution >= 0.6 is 0 Å². The summed E-state index contributed by atoms with van der Waals surface area (Å²) in [5, 5.41) is 23.4. The van der Waals surface area contributed by atoms with E-state index in [4.69, 9.17) is 4.74 Å². The molecule has 4 fully saturated rings. The normalized spacial score (nSPS) is 43.5. The molecule has 5 rings (SSSR count). The van der Waals surface area contributed by atoms with Crippen molar-refractivity contribution in [3.8, 4) is 0 Å². The van der Waals surface area contributed by atoms with Crippen LogP contribution in [0.4, 0.5) is 0 Å². The first-order valence-corrected chi connectivity index (χ1v) is 21.8. The van der Waals surface area contributed by atoms with E-state index in [1.54, 1.807) is 0 Å². The summed E-state index contributed by atoms with van der Waals surface area (Å²) in [5.41, 5.74) is 1.12. The van der Waals surface area contributed by atoms with Gasteiger partial charge in [-0.3, -0.25) is 4.79 Å². The summed E-state index contributed by atoms with van der Waals surface area (Å²) in [4.78, 5) is 13.2. The van der Waals surface area contributed by atoms with E-state index in [1.165, 1.54) is 102 Å². The zero-order chi connectivity index (χ0) is 36.5. The van der Waals surface area contributed by atoms with Crippen molar-refractivity contribution in [3.05, 3.63) is 11.6 Å². The van der Waals surface area contributed by atoms with Gasteiger partial charge in [-0.15, -0.1) is 0 Å². The van der Waals surface area contributed by atoms with Gasteiger partial charge in [-0.1, -0.05) is 144 Å². The standard InChI is InChI=1S/C46H80O4/c1-10-11-12-13-14-15-16-17-18-19-20-21-22-23-40(49)50-39-27-28-43(6)35(42(39,4)5)26-29-44(7)36(43)25-24-34-41-33(3)32(2)30-37(47)46(41,9)38(48)31-45(34,44)8/h30,33-39,41,47-48H,10-29,31H2,1-9H3/t33-,34-,35+,36-,37?,38?,39?,41-,43+,44-,45-,46-/m1/s1. The predicted molar refractivity (Wildman–Crippen MR) is 208 cm³/mol. The van der Waals surface area contributed by atoms with Crippen molar-refractivity contribution in [3.63, 3.8) is 0 Å². The third-order valence-electron chi connectivity index (χ3n) is 17.4. The number of ether oxygens (including phenoxy) is 1. The topological polar surface area (TPSA) is 66.8 Å². The van der Waals surface area contributed by atoms with E-state index in [9.17, 15) is 15.0 Å². The molecule has 4 saturated carbocycles. The number of hydrogen-bond acceptors (Lipinski definition) is 4. The van der Waals surface area contributed by atoms with Gasteiger partial charge in [0.25, 0.3) is 0 Å². The van der Waals surface area contributed by atoms with Gasteiger partial charge in [0.05, 0.1) is 12.2 Å². The Morgan fingerprint density at radius 2 is 1.34 bits per heavy atom. The zero-order valence-corrected chi connectivity index (χ0v) is 34.3. The zero-order valence-electron chi connectivity index (χ0n) is 34.3. The average Bonchev–Trinajstić information content (AvgIpc) is 3.05. The lowest BCUT2D eigenvalue weighted by molar-refractivity contribution is -0.276. The minimum Gasteiger partial charge on any atom is -0.462 e. The third-order valence-corrected chi connectivity index (χ3v) is 17.4. The Morgan fingerprint density at radius 3 is 1.94 bits per heavy atom. The fourth-order valence-electron chi connectivity index (χ4n) is 14.0. The molecule has 0 aliphatic heterocycles. The molecule has 12 atom stereocenters. The summed E-state index contributed by atoms with van der Waals surface area (Å²) in [7, 11) is 0. The number of hydrogen-bond donors (Lipinski definition) is 2. The predicted octanol–water partition coefficient (Wildman–Crippen LogP) is 12.0. The van der Waals surface area contributed by atoms with Crippen molar-refractivity contribution in [2.45, 2.75) is 215 Å². The third kappa shape index (κ3) is 7.07. The number of rotatable bonds is 15. The van der Waals surface area contributed by atoms with Crippen molar-refractivity contribution in [1.82, 2.24) is 0 Å². The quantitative estimate of drug-likeness (QED) is 0.102. The minimum absolute atomic E-state index is 0.00267. The van der Waals surface area contributed by atoms with Gasteiger partial charge in [-0.25, -0.2) is 0 Å². The molecule has 0 amide bonds. The number of fused-ring (bicyclic) bond motifs is 7. The van der Waals surface area contributed by atoms with E-state index in [1.807, 2.05) is 6.08 Å². The summed E-state index contributed by atoms with van der Waals surface area (Å²) in [5.74, 6) is 2.31. The van der Waals surface area contributed by atoms with Crippen LogP contribution in [0.15, 0.2) is 11.6 Å².